The van der Waals surface area contributed by atoms with Crippen molar-refractivity contribution >= 4 is 28.5 Å². The van der Waals surface area contributed by atoms with E-state index in [4.69, 9.17) is 30.2 Å². The van der Waals surface area contributed by atoms with Crippen LogP contribution in [0.1, 0.15) is 6.92 Å². The number of methoxy groups -OCH3 is 2. The van der Waals surface area contributed by atoms with Gasteiger partial charge in [0, 0.05) is 10.6 Å². The number of carboxylic acid groups (broad SMARTS) is 1. The lowest BCUT2D eigenvalue weighted by Gasteiger charge is -2.18. The van der Waals surface area contributed by atoms with Gasteiger partial charge in [-0.3, -0.25) is 4.79 Å². The van der Waals surface area contributed by atoms with Crippen LogP contribution in [0.15, 0.2) is 45.6 Å². The number of carbonyl (C=O) groups is 1. The monoisotopic (exact) mass is 403 g/mol. The molecule has 0 aliphatic rings. The Morgan fingerprint density at radius 1 is 1.11 bits per heavy atom. The number of carbonyl (C=O) groups excluding carboxylic acids is 1. The first-order chi connectivity index (χ1) is 13.3. The molecule has 0 amide bonds. The number of ether oxygens (including phenoxy) is 3. The van der Waals surface area contributed by atoms with Crippen LogP contribution in [-0.2, 0) is 4.79 Å². The van der Waals surface area contributed by atoms with Gasteiger partial charge in [-0.1, -0.05) is 11.6 Å². The van der Waals surface area contributed by atoms with Gasteiger partial charge in [0.05, 0.1) is 25.6 Å². The number of halogens is 1. The van der Waals surface area contributed by atoms with Crippen molar-refractivity contribution in [3.63, 3.8) is 0 Å². The lowest BCUT2D eigenvalue weighted by Crippen LogP contribution is -2.38. The summed E-state index contributed by atoms with van der Waals surface area (Å²) in [5, 5.41) is 11.6. The van der Waals surface area contributed by atoms with E-state index in [1.807, 2.05) is 0 Å². The van der Waals surface area contributed by atoms with Crippen LogP contribution in [0.4, 0.5) is 0 Å². The average Bonchev–Trinajstić information content (AvgIpc) is 2.69. The third kappa shape index (κ3) is 3.61. The van der Waals surface area contributed by atoms with Crippen LogP contribution < -0.4 is 24.7 Å². The van der Waals surface area contributed by atoms with E-state index in [9.17, 15) is 14.7 Å². The molecule has 0 aliphatic carbocycles. The largest absolute Gasteiger partial charge is 0.546 e. The van der Waals surface area contributed by atoms with Crippen LogP contribution in [0.25, 0.3) is 22.3 Å². The Kier molecular flexibility index (Phi) is 5.46. The molecule has 28 heavy (non-hydrogen) atoms. The highest BCUT2D eigenvalue weighted by molar-refractivity contribution is 6.31. The Balaban J connectivity index is 2.29. The normalized spacial score (nSPS) is 11.9. The summed E-state index contributed by atoms with van der Waals surface area (Å²) in [5.74, 6) is -0.805. The first kappa shape index (κ1) is 19.6. The van der Waals surface area contributed by atoms with Crippen molar-refractivity contribution in [1.29, 1.82) is 0 Å². The van der Waals surface area contributed by atoms with E-state index in [0.29, 0.717) is 22.1 Å². The molecule has 0 bridgehead atoms. The maximum Gasteiger partial charge on any atom is 0.235 e. The summed E-state index contributed by atoms with van der Waals surface area (Å²) in [6, 6.07) is 9.42. The van der Waals surface area contributed by atoms with Crippen molar-refractivity contribution in [3.8, 4) is 28.6 Å². The quantitative estimate of drug-likeness (QED) is 0.624. The SMILES string of the molecule is COc1ccc(-c2oc3ccc(Cl)cc3c(=O)c2O[C@H](C)C(=O)[O-])cc1OC. The fourth-order valence-electron chi connectivity index (χ4n) is 2.65. The minimum absolute atomic E-state index is 0.0499. The Morgan fingerprint density at radius 3 is 2.46 bits per heavy atom. The fraction of sp³-hybridized carbons (Fsp3) is 0.200. The Bertz CT molecular complexity index is 1100. The highest BCUT2D eigenvalue weighted by atomic mass is 35.5. The minimum Gasteiger partial charge on any atom is -0.546 e. The number of carboxylic acids is 1. The van der Waals surface area contributed by atoms with Gasteiger partial charge < -0.3 is 28.5 Å². The van der Waals surface area contributed by atoms with Crippen LogP contribution in [-0.4, -0.2) is 26.3 Å². The zero-order valence-electron chi connectivity index (χ0n) is 15.3. The molecule has 0 saturated carbocycles. The molecule has 0 N–H and O–H groups in total. The number of rotatable bonds is 6. The van der Waals surface area contributed by atoms with E-state index in [-0.39, 0.29) is 22.5 Å². The molecule has 7 nitrogen and oxygen atoms in total. The van der Waals surface area contributed by atoms with Crippen LogP contribution in [0, 0.1) is 0 Å². The first-order valence-electron chi connectivity index (χ1n) is 8.22. The Labute approximate surface area is 165 Å². The molecule has 8 heteroatoms. The van der Waals surface area contributed by atoms with Crippen LogP contribution >= 0.6 is 11.6 Å². The van der Waals surface area contributed by atoms with E-state index in [2.05, 4.69) is 0 Å². The molecule has 0 unspecified atom stereocenters. The lowest BCUT2D eigenvalue weighted by molar-refractivity contribution is -0.312. The van der Waals surface area contributed by atoms with Gasteiger partial charge in [0.25, 0.3) is 0 Å². The number of benzene rings is 2. The molecule has 3 aromatic rings. The van der Waals surface area contributed by atoms with Gasteiger partial charge in [0.15, 0.2) is 17.3 Å². The molecule has 0 radical (unpaired) electrons. The van der Waals surface area contributed by atoms with Gasteiger partial charge in [-0.05, 0) is 43.3 Å². The predicted octanol–water partition coefficient (Wildman–Crippen LogP) is 2.65. The molecule has 146 valence electrons. The molecule has 0 fully saturated rings. The number of aliphatic carboxylic acids is 1. The maximum absolute atomic E-state index is 13.0. The topological polar surface area (TPSA) is 98.0 Å². The van der Waals surface area contributed by atoms with Crippen LogP contribution in [0.5, 0.6) is 17.2 Å². The predicted molar refractivity (Wildman–Crippen MR) is 101 cm³/mol. The number of hydrogen-bond acceptors (Lipinski definition) is 7. The molecule has 1 heterocycles. The highest BCUT2D eigenvalue weighted by Crippen LogP contribution is 2.37. The molecular formula is C20H16ClO7-. The molecular weight excluding hydrogens is 388 g/mol. The van der Waals surface area contributed by atoms with E-state index >= 15 is 0 Å². The summed E-state index contributed by atoms with van der Waals surface area (Å²) < 4.78 is 21.8. The summed E-state index contributed by atoms with van der Waals surface area (Å²) in [6.45, 7) is 1.26. The summed E-state index contributed by atoms with van der Waals surface area (Å²) in [6.07, 6.45) is -1.38. The smallest absolute Gasteiger partial charge is 0.235 e. The summed E-state index contributed by atoms with van der Waals surface area (Å²) in [4.78, 5) is 24.1. The lowest BCUT2D eigenvalue weighted by atomic mass is 10.1. The molecule has 2 aromatic carbocycles. The third-order valence-corrected chi connectivity index (χ3v) is 4.32. The second kappa shape index (κ2) is 7.82. The van der Waals surface area contributed by atoms with Crippen molar-refractivity contribution in [3.05, 3.63) is 51.6 Å². The van der Waals surface area contributed by atoms with E-state index in [1.165, 1.54) is 27.2 Å². The molecule has 1 aromatic heterocycles. The number of hydrogen-bond donors (Lipinski definition) is 0. The van der Waals surface area contributed by atoms with E-state index in [0.717, 1.165) is 0 Å². The third-order valence-electron chi connectivity index (χ3n) is 4.08. The average molecular weight is 404 g/mol. The molecule has 0 spiro atoms. The minimum atomic E-state index is -1.47. The second-order valence-electron chi connectivity index (χ2n) is 5.88. The van der Waals surface area contributed by atoms with E-state index in [1.54, 1.807) is 30.3 Å². The van der Waals surface area contributed by atoms with E-state index < -0.39 is 17.5 Å². The number of fused-ring (bicyclic) bond motifs is 1. The van der Waals surface area contributed by atoms with Crippen molar-refractivity contribution in [2.24, 2.45) is 0 Å². The standard InChI is InChI=1S/C20H17ClO7/c1-10(20(23)24)27-19-17(22)13-9-12(21)5-7-14(13)28-18(19)11-4-6-15(25-2)16(8-11)26-3/h4-10H,1-3H3,(H,23,24)/p-1/t10-/m1/s1. The van der Waals surface area contributed by atoms with Gasteiger partial charge >= 0.3 is 0 Å². The summed E-state index contributed by atoms with van der Waals surface area (Å²) in [5.41, 5.74) is 0.154. The highest BCUT2D eigenvalue weighted by Gasteiger charge is 2.21. The van der Waals surface area contributed by atoms with Gasteiger partial charge in [-0.2, -0.15) is 0 Å². The molecule has 3 rings (SSSR count). The zero-order chi connectivity index (χ0) is 20.4. The zero-order valence-corrected chi connectivity index (χ0v) is 16.0. The van der Waals surface area contributed by atoms with Gasteiger partial charge in [0.2, 0.25) is 11.2 Å². The van der Waals surface area contributed by atoms with Crippen molar-refractivity contribution in [2.75, 3.05) is 14.2 Å². The first-order valence-corrected chi connectivity index (χ1v) is 8.59. The Morgan fingerprint density at radius 2 is 1.82 bits per heavy atom. The van der Waals surface area contributed by atoms with Gasteiger partial charge in [-0.15, -0.1) is 0 Å². The molecule has 0 saturated heterocycles. The van der Waals surface area contributed by atoms with Gasteiger partial charge in [-0.25, -0.2) is 0 Å². The summed E-state index contributed by atoms with van der Waals surface area (Å²) >= 11 is 5.97. The van der Waals surface area contributed by atoms with Crippen LogP contribution in [0.3, 0.4) is 0 Å². The summed E-state index contributed by atoms with van der Waals surface area (Å²) in [7, 11) is 2.96. The van der Waals surface area contributed by atoms with Gasteiger partial charge in [0.1, 0.15) is 11.7 Å². The maximum atomic E-state index is 13.0. The van der Waals surface area contributed by atoms with Crippen molar-refractivity contribution in [2.45, 2.75) is 13.0 Å². The fourth-order valence-corrected chi connectivity index (χ4v) is 2.82. The van der Waals surface area contributed by atoms with Crippen molar-refractivity contribution < 1.29 is 28.5 Å². The Hall–Kier alpha value is -3.19. The van der Waals surface area contributed by atoms with Crippen molar-refractivity contribution in [1.82, 2.24) is 0 Å². The molecule has 1 atom stereocenters. The van der Waals surface area contributed by atoms with Crippen LogP contribution in [0.2, 0.25) is 5.02 Å². The second-order valence-corrected chi connectivity index (χ2v) is 6.32. The molecule has 0 aliphatic heterocycles.